The fourth-order valence-electron chi connectivity index (χ4n) is 3.40. The number of carboxylic acids is 1. The van der Waals surface area contributed by atoms with Crippen molar-refractivity contribution in [3.63, 3.8) is 0 Å². The number of aliphatic carboxylic acids is 1. The minimum absolute atomic E-state index is 0.0316. The molecule has 0 radical (unpaired) electrons. The van der Waals surface area contributed by atoms with E-state index in [4.69, 9.17) is 11.5 Å². The van der Waals surface area contributed by atoms with Gasteiger partial charge in [-0.2, -0.15) is 0 Å². The van der Waals surface area contributed by atoms with Crippen LogP contribution in [0, 0.1) is 0 Å². The maximum Gasteiger partial charge on any atom is 0.326 e. The van der Waals surface area contributed by atoms with Crippen molar-refractivity contribution in [2.24, 2.45) is 11.5 Å². The molecule has 5 unspecified atom stereocenters. The van der Waals surface area contributed by atoms with Gasteiger partial charge < -0.3 is 47.7 Å². The number of imidazole rings is 1. The van der Waals surface area contributed by atoms with Gasteiger partial charge in [-0.1, -0.05) is 12.1 Å². The van der Waals surface area contributed by atoms with E-state index in [1.54, 1.807) is 0 Å². The Hall–Kier alpha value is -4.50. The van der Waals surface area contributed by atoms with Gasteiger partial charge in [-0.25, -0.2) is 9.78 Å². The number of hydrogen-bond donors (Lipinski definition) is 9. The van der Waals surface area contributed by atoms with Crippen LogP contribution in [-0.2, 0) is 36.8 Å². The predicted molar refractivity (Wildman–Crippen MR) is 131 cm³/mol. The van der Waals surface area contributed by atoms with E-state index in [1.807, 2.05) is 0 Å². The lowest BCUT2D eigenvalue weighted by Crippen LogP contribution is -2.60. The molecule has 5 atom stereocenters. The number of aromatic amines is 1. The Balaban J connectivity index is 2.10. The number of benzene rings is 1. The molecule has 0 aliphatic carbocycles. The van der Waals surface area contributed by atoms with E-state index in [0.717, 1.165) is 0 Å². The molecule has 0 aliphatic heterocycles. The maximum atomic E-state index is 12.9. The van der Waals surface area contributed by atoms with E-state index in [0.29, 0.717) is 11.3 Å². The van der Waals surface area contributed by atoms with Crippen LogP contribution in [0.4, 0.5) is 0 Å². The zero-order valence-corrected chi connectivity index (χ0v) is 20.5. The van der Waals surface area contributed by atoms with Crippen LogP contribution < -0.4 is 27.4 Å². The summed E-state index contributed by atoms with van der Waals surface area (Å²) in [5, 5.41) is 35.8. The molecule has 1 aromatic carbocycles. The van der Waals surface area contributed by atoms with Gasteiger partial charge in [0.15, 0.2) is 0 Å². The highest BCUT2D eigenvalue weighted by molar-refractivity contribution is 5.96. The minimum atomic E-state index is -1.61. The quantitative estimate of drug-likeness (QED) is 0.119. The highest BCUT2D eigenvalue weighted by Crippen LogP contribution is 2.12. The van der Waals surface area contributed by atoms with E-state index in [2.05, 4.69) is 25.9 Å². The molecule has 15 nitrogen and oxygen atoms in total. The lowest BCUT2D eigenvalue weighted by molar-refractivity contribution is -0.142. The molecular weight excluding hydrogens is 502 g/mol. The highest BCUT2D eigenvalue weighted by atomic mass is 16.4. The lowest BCUT2D eigenvalue weighted by atomic mass is 10.0. The number of phenols is 1. The fourth-order valence-corrected chi connectivity index (χ4v) is 3.40. The van der Waals surface area contributed by atoms with Crippen LogP contribution in [0.5, 0.6) is 5.75 Å². The van der Waals surface area contributed by atoms with Crippen LogP contribution in [-0.4, -0.2) is 85.2 Å². The largest absolute Gasteiger partial charge is 0.508 e. The van der Waals surface area contributed by atoms with Gasteiger partial charge >= 0.3 is 5.97 Å². The average molecular weight is 534 g/mol. The Morgan fingerprint density at radius 3 is 2.13 bits per heavy atom. The summed E-state index contributed by atoms with van der Waals surface area (Å²) in [6, 6.07) is -0.114. The van der Waals surface area contributed by atoms with E-state index < -0.39 is 66.3 Å². The standard InChI is InChI=1S/C23H31N7O8/c1-11(31)19(30-20(34)15(24)7-13-9-26-10-27-13)22(36)28-16(8-18(25)33)21(35)29-17(23(37)38)6-12-2-4-14(32)5-3-12/h2-5,9-11,15-17,19,31-32H,6-8,24H2,1H3,(H2,25,33)(H,26,27)(H,28,36)(H,29,35)(H,30,34)(H,37,38). The van der Waals surface area contributed by atoms with Crippen LogP contribution in [0.1, 0.15) is 24.6 Å². The number of nitrogens with one attached hydrogen (secondary N) is 4. The zero-order valence-electron chi connectivity index (χ0n) is 20.5. The number of rotatable bonds is 14. The van der Waals surface area contributed by atoms with Crippen molar-refractivity contribution in [2.75, 3.05) is 0 Å². The number of carbonyl (C=O) groups is 5. The Labute approximate surface area is 217 Å². The van der Waals surface area contributed by atoms with Crippen LogP contribution in [0.25, 0.3) is 0 Å². The number of hydrogen-bond acceptors (Lipinski definition) is 9. The van der Waals surface area contributed by atoms with Crippen molar-refractivity contribution in [3.8, 4) is 5.75 Å². The van der Waals surface area contributed by atoms with Gasteiger partial charge in [-0.3, -0.25) is 19.2 Å². The summed E-state index contributed by atoms with van der Waals surface area (Å²) in [5.41, 5.74) is 12.1. The number of aliphatic hydroxyl groups excluding tert-OH is 1. The third-order valence-corrected chi connectivity index (χ3v) is 5.42. The Morgan fingerprint density at radius 1 is 0.974 bits per heavy atom. The van der Waals surface area contributed by atoms with E-state index >= 15 is 0 Å². The van der Waals surface area contributed by atoms with Crippen molar-refractivity contribution in [1.82, 2.24) is 25.9 Å². The Morgan fingerprint density at radius 2 is 1.61 bits per heavy atom. The van der Waals surface area contributed by atoms with E-state index in [1.165, 1.54) is 43.7 Å². The molecule has 4 amide bonds. The number of carbonyl (C=O) groups excluding carboxylic acids is 4. The molecule has 0 bridgehead atoms. The maximum absolute atomic E-state index is 12.9. The smallest absolute Gasteiger partial charge is 0.326 e. The molecule has 0 spiro atoms. The molecule has 2 aromatic rings. The van der Waals surface area contributed by atoms with Gasteiger partial charge in [-0.15, -0.1) is 0 Å². The summed E-state index contributed by atoms with van der Waals surface area (Å²) in [7, 11) is 0. The summed E-state index contributed by atoms with van der Waals surface area (Å²) in [4.78, 5) is 68.1. The molecular formula is C23H31N7O8. The molecule has 1 aromatic heterocycles. The third kappa shape index (κ3) is 9.18. The van der Waals surface area contributed by atoms with Gasteiger partial charge in [-0.05, 0) is 24.6 Å². The van der Waals surface area contributed by atoms with Crippen LogP contribution in [0.2, 0.25) is 0 Å². The van der Waals surface area contributed by atoms with Gasteiger partial charge in [0.2, 0.25) is 23.6 Å². The zero-order chi connectivity index (χ0) is 28.4. The highest BCUT2D eigenvalue weighted by Gasteiger charge is 2.33. The molecule has 1 heterocycles. The number of H-pyrrole nitrogens is 1. The number of phenolic OH excluding ortho intramolecular Hbond substituents is 1. The van der Waals surface area contributed by atoms with Gasteiger partial charge in [0, 0.05) is 24.7 Å². The first-order valence-corrected chi connectivity index (χ1v) is 11.5. The molecule has 0 aliphatic rings. The van der Waals surface area contributed by atoms with Gasteiger partial charge in [0.1, 0.15) is 23.9 Å². The number of aliphatic hydroxyl groups is 1. The Kier molecular flexibility index (Phi) is 10.7. The SMILES string of the molecule is CC(O)C(NC(=O)C(N)Cc1cnc[nH]1)C(=O)NC(CC(N)=O)C(=O)NC(Cc1ccc(O)cc1)C(=O)O. The normalized spacial score (nSPS) is 14.8. The average Bonchev–Trinajstić information content (AvgIpc) is 3.35. The minimum Gasteiger partial charge on any atom is -0.508 e. The molecule has 11 N–H and O–H groups in total. The summed E-state index contributed by atoms with van der Waals surface area (Å²) < 4.78 is 0. The summed E-state index contributed by atoms with van der Waals surface area (Å²) in [5.74, 6) is -5.25. The summed E-state index contributed by atoms with van der Waals surface area (Å²) in [6.07, 6.45) is 0.629. The lowest BCUT2D eigenvalue weighted by Gasteiger charge is -2.26. The second-order valence-corrected chi connectivity index (χ2v) is 8.62. The second-order valence-electron chi connectivity index (χ2n) is 8.62. The number of aromatic hydroxyl groups is 1. The van der Waals surface area contributed by atoms with Crippen molar-refractivity contribution >= 4 is 29.6 Å². The molecule has 2 rings (SSSR count). The van der Waals surface area contributed by atoms with E-state index in [9.17, 15) is 39.3 Å². The van der Waals surface area contributed by atoms with Crippen molar-refractivity contribution < 1.29 is 39.3 Å². The van der Waals surface area contributed by atoms with Crippen molar-refractivity contribution in [2.45, 2.75) is 56.5 Å². The number of nitrogens with two attached hydrogens (primary N) is 2. The molecule has 0 fully saturated rings. The first kappa shape index (κ1) is 29.7. The molecule has 206 valence electrons. The molecule has 0 saturated carbocycles. The first-order valence-electron chi connectivity index (χ1n) is 11.5. The van der Waals surface area contributed by atoms with Crippen LogP contribution >= 0.6 is 0 Å². The van der Waals surface area contributed by atoms with Gasteiger partial charge in [0.05, 0.1) is 24.9 Å². The molecule has 38 heavy (non-hydrogen) atoms. The molecule has 0 saturated heterocycles. The van der Waals surface area contributed by atoms with Crippen LogP contribution in [0.3, 0.4) is 0 Å². The number of nitrogens with zero attached hydrogens (tertiary/aromatic N) is 1. The Bertz CT molecular complexity index is 1120. The number of aromatic nitrogens is 2. The summed E-state index contributed by atoms with van der Waals surface area (Å²) >= 11 is 0. The topological polar surface area (TPSA) is 263 Å². The second kappa shape index (κ2) is 13.7. The van der Waals surface area contributed by atoms with Gasteiger partial charge in [0.25, 0.3) is 0 Å². The molecule has 15 heteroatoms. The number of primary amides is 1. The number of amides is 4. The first-order chi connectivity index (χ1) is 17.9. The van der Waals surface area contributed by atoms with Crippen molar-refractivity contribution in [3.05, 3.63) is 48.0 Å². The van der Waals surface area contributed by atoms with E-state index in [-0.39, 0.29) is 18.6 Å². The monoisotopic (exact) mass is 533 g/mol. The van der Waals surface area contributed by atoms with Crippen LogP contribution in [0.15, 0.2) is 36.8 Å². The van der Waals surface area contributed by atoms with Crippen molar-refractivity contribution in [1.29, 1.82) is 0 Å². The fraction of sp³-hybridized carbons (Fsp3) is 0.391. The third-order valence-electron chi connectivity index (χ3n) is 5.42. The predicted octanol–water partition coefficient (Wildman–Crippen LogP) is -2.98. The summed E-state index contributed by atoms with van der Waals surface area (Å²) in [6.45, 7) is 1.21. The number of carboxylic acid groups (broad SMARTS) is 1.